The number of hydrogen-bond acceptors (Lipinski definition) is 3. The second-order valence-electron chi connectivity index (χ2n) is 6.30. The van der Waals surface area contributed by atoms with Gasteiger partial charge >= 0.3 is 0 Å². The van der Waals surface area contributed by atoms with E-state index in [0.29, 0.717) is 11.4 Å². The molecule has 0 aliphatic carbocycles. The molecule has 0 bridgehead atoms. The number of fused-ring (bicyclic) bond motifs is 1. The molecule has 1 aromatic rings. The van der Waals surface area contributed by atoms with E-state index in [1.807, 2.05) is 26.8 Å². The Morgan fingerprint density at radius 2 is 1.95 bits per heavy atom. The Balaban J connectivity index is 1.99. The third kappa shape index (κ3) is 3.63. The van der Waals surface area contributed by atoms with Crippen LogP contribution in [0, 0.1) is 5.41 Å². The quantitative estimate of drug-likeness (QED) is 0.888. The van der Waals surface area contributed by atoms with Crippen molar-refractivity contribution in [2.75, 3.05) is 23.3 Å². The number of hydrogen-bond donors (Lipinski definition) is 2. The number of carbonyl (C=O) groups excluding carboxylic acids is 3. The van der Waals surface area contributed by atoms with Crippen molar-refractivity contribution in [1.29, 1.82) is 0 Å². The fraction of sp³-hybridized carbons (Fsp3) is 0.438. The van der Waals surface area contributed by atoms with Crippen LogP contribution in [0.3, 0.4) is 0 Å². The SMILES string of the molecule is CC(C)(C)C(=O)NCCC(=O)N1CC(=O)Nc2ccccc21. The molecule has 2 rings (SSSR count). The van der Waals surface area contributed by atoms with Crippen molar-refractivity contribution in [3.63, 3.8) is 0 Å². The first kappa shape index (κ1) is 16.0. The van der Waals surface area contributed by atoms with Crippen LogP contribution in [0.25, 0.3) is 0 Å². The first-order chi connectivity index (χ1) is 10.3. The van der Waals surface area contributed by atoms with Crippen molar-refractivity contribution in [2.45, 2.75) is 27.2 Å². The number of para-hydroxylation sites is 2. The zero-order chi connectivity index (χ0) is 16.3. The smallest absolute Gasteiger partial charge is 0.244 e. The van der Waals surface area contributed by atoms with Crippen LogP contribution in [0.1, 0.15) is 27.2 Å². The molecular formula is C16H21N3O3. The van der Waals surface area contributed by atoms with Crippen molar-refractivity contribution in [3.05, 3.63) is 24.3 Å². The lowest BCUT2D eigenvalue weighted by molar-refractivity contribution is -0.128. The Morgan fingerprint density at radius 3 is 2.64 bits per heavy atom. The van der Waals surface area contributed by atoms with Crippen LogP contribution in [0.2, 0.25) is 0 Å². The average molecular weight is 303 g/mol. The van der Waals surface area contributed by atoms with E-state index in [1.54, 1.807) is 18.2 Å². The van der Waals surface area contributed by atoms with Crippen molar-refractivity contribution in [3.8, 4) is 0 Å². The fourth-order valence-corrected chi connectivity index (χ4v) is 2.14. The Morgan fingerprint density at radius 1 is 1.27 bits per heavy atom. The van der Waals surface area contributed by atoms with Crippen LogP contribution in [0.15, 0.2) is 24.3 Å². The van der Waals surface area contributed by atoms with Gasteiger partial charge in [-0.1, -0.05) is 32.9 Å². The van der Waals surface area contributed by atoms with Gasteiger partial charge in [-0.2, -0.15) is 0 Å². The van der Waals surface area contributed by atoms with Gasteiger partial charge in [-0.3, -0.25) is 14.4 Å². The van der Waals surface area contributed by atoms with E-state index in [2.05, 4.69) is 10.6 Å². The number of carbonyl (C=O) groups is 3. The first-order valence-electron chi connectivity index (χ1n) is 7.26. The third-order valence-electron chi connectivity index (χ3n) is 3.38. The minimum absolute atomic E-state index is 0.00304. The Bertz CT molecular complexity index is 605. The van der Waals surface area contributed by atoms with Crippen LogP contribution in [0.4, 0.5) is 11.4 Å². The maximum absolute atomic E-state index is 12.3. The molecule has 22 heavy (non-hydrogen) atoms. The number of amides is 3. The number of rotatable bonds is 3. The number of nitrogens with one attached hydrogen (secondary N) is 2. The normalized spacial score (nSPS) is 14.1. The molecule has 2 N–H and O–H groups in total. The molecule has 0 radical (unpaired) electrons. The van der Waals surface area contributed by atoms with Crippen LogP contribution >= 0.6 is 0 Å². The van der Waals surface area contributed by atoms with Crippen LogP contribution < -0.4 is 15.5 Å². The highest BCUT2D eigenvalue weighted by molar-refractivity contribution is 6.09. The van der Waals surface area contributed by atoms with Crippen molar-refractivity contribution in [2.24, 2.45) is 5.41 Å². The van der Waals surface area contributed by atoms with Gasteiger partial charge in [0.25, 0.3) is 0 Å². The maximum Gasteiger partial charge on any atom is 0.244 e. The minimum atomic E-state index is -0.485. The van der Waals surface area contributed by atoms with Gasteiger partial charge in [0.1, 0.15) is 6.54 Å². The minimum Gasteiger partial charge on any atom is -0.355 e. The summed E-state index contributed by atoms with van der Waals surface area (Å²) < 4.78 is 0. The summed E-state index contributed by atoms with van der Waals surface area (Å²) in [4.78, 5) is 37.2. The third-order valence-corrected chi connectivity index (χ3v) is 3.38. The molecule has 0 unspecified atom stereocenters. The largest absolute Gasteiger partial charge is 0.355 e. The van der Waals surface area contributed by atoms with E-state index in [1.165, 1.54) is 4.90 Å². The van der Waals surface area contributed by atoms with E-state index < -0.39 is 5.41 Å². The monoisotopic (exact) mass is 303 g/mol. The van der Waals surface area contributed by atoms with Crippen LogP contribution in [-0.4, -0.2) is 30.8 Å². The molecule has 0 saturated heterocycles. The molecule has 0 spiro atoms. The summed E-state index contributed by atoms with van der Waals surface area (Å²) in [6.07, 6.45) is 0.156. The lowest BCUT2D eigenvalue weighted by atomic mass is 9.96. The van der Waals surface area contributed by atoms with E-state index in [-0.39, 0.29) is 37.2 Å². The molecule has 0 saturated carbocycles. The number of benzene rings is 1. The van der Waals surface area contributed by atoms with Crippen molar-refractivity contribution < 1.29 is 14.4 Å². The second-order valence-corrected chi connectivity index (χ2v) is 6.30. The van der Waals surface area contributed by atoms with E-state index in [9.17, 15) is 14.4 Å². The highest BCUT2D eigenvalue weighted by Crippen LogP contribution is 2.29. The zero-order valence-corrected chi connectivity index (χ0v) is 13.1. The van der Waals surface area contributed by atoms with E-state index in [0.717, 1.165) is 0 Å². The molecule has 0 aromatic heterocycles. The lowest BCUT2D eigenvalue weighted by Gasteiger charge is -2.29. The summed E-state index contributed by atoms with van der Waals surface area (Å²) in [5.74, 6) is -0.501. The van der Waals surface area contributed by atoms with Crippen molar-refractivity contribution >= 4 is 29.1 Å². The fourth-order valence-electron chi connectivity index (χ4n) is 2.14. The van der Waals surface area contributed by atoms with Gasteiger partial charge in [-0.25, -0.2) is 0 Å². The molecule has 0 atom stereocenters. The van der Waals surface area contributed by atoms with Gasteiger partial charge in [0.2, 0.25) is 17.7 Å². The summed E-state index contributed by atoms with van der Waals surface area (Å²) in [7, 11) is 0. The van der Waals surface area contributed by atoms with Gasteiger partial charge < -0.3 is 15.5 Å². The van der Waals surface area contributed by atoms with Gasteiger partial charge in [0.05, 0.1) is 11.4 Å². The predicted octanol–water partition coefficient (Wildman–Crippen LogP) is 1.52. The summed E-state index contributed by atoms with van der Waals surface area (Å²) in [6.45, 7) is 5.71. The van der Waals surface area contributed by atoms with Crippen molar-refractivity contribution in [1.82, 2.24) is 5.32 Å². The molecule has 1 heterocycles. The van der Waals surface area contributed by atoms with Gasteiger partial charge in [0, 0.05) is 18.4 Å². The predicted molar refractivity (Wildman–Crippen MR) is 84.5 cm³/mol. The molecule has 0 fully saturated rings. The highest BCUT2D eigenvalue weighted by Gasteiger charge is 2.26. The molecule has 118 valence electrons. The topological polar surface area (TPSA) is 78.5 Å². The van der Waals surface area contributed by atoms with Gasteiger partial charge in [-0.15, -0.1) is 0 Å². The standard InChI is InChI=1S/C16H21N3O3/c1-16(2,3)15(22)17-9-8-14(21)19-10-13(20)18-11-6-4-5-7-12(11)19/h4-7H,8-10H2,1-3H3,(H,17,22)(H,18,20). The molecule has 1 aromatic carbocycles. The molecule has 6 nitrogen and oxygen atoms in total. The van der Waals surface area contributed by atoms with E-state index in [4.69, 9.17) is 0 Å². The summed E-state index contributed by atoms with van der Waals surface area (Å²) in [5, 5.41) is 5.48. The molecule has 3 amide bonds. The highest BCUT2D eigenvalue weighted by atomic mass is 16.2. The number of anilines is 2. The Hall–Kier alpha value is -2.37. The average Bonchev–Trinajstić information content (AvgIpc) is 2.45. The second kappa shape index (κ2) is 6.17. The summed E-state index contributed by atoms with van der Waals surface area (Å²) in [6, 6.07) is 7.17. The summed E-state index contributed by atoms with van der Waals surface area (Å²) in [5.41, 5.74) is 0.834. The zero-order valence-electron chi connectivity index (χ0n) is 13.1. The van der Waals surface area contributed by atoms with Gasteiger partial charge in [-0.05, 0) is 12.1 Å². The van der Waals surface area contributed by atoms with Crippen LogP contribution in [-0.2, 0) is 14.4 Å². The Kier molecular flexibility index (Phi) is 4.49. The van der Waals surface area contributed by atoms with Gasteiger partial charge in [0.15, 0.2) is 0 Å². The maximum atomic E-state index is 12.3. The van der Waals surface area contributed by atoms with E-state index >= 15 is 0 Å². The molecule has 1 aliphatic rings. The Labute approximate surface area is 129 Å². The molecule has 1 aliphatic heterocycles. The molecular weight excluding hydrogens is 282 g/mol. The molecule has 6 heteroatoms. The van der Waals surface area contributed by atoms with Crippen LogP contribution in [0.5, 0.6) is 0 Å². The summed E-state index contributed by atoms with van der Waals surface area (Å²) >= 11 is 0. The number of nitrogens with zero attached hydrogens (tertiary/aromatic N) is 1. The lowest BCUT2D eigenvalue weighted by Crippen LogP contribution is -2.44. The first-order valence-corrected chi connectivity index (χ1v) is 7.26.